The van der Waals surface area contributed by atoms with E-state index in [4.69, 9.17) is 11.5 Å². The molecule has 0 radical (unpaired) electrons. The van der Waals surface area contributed by atoms with Crippen LogP contribution in [0.1, 0.15) is 36.5 Å². The molecule has 0 saturated carbocycles. The van der Waals surface area contributed by atoms with Crippen molar-refractivity contribution in [3.63, 3.8) is 0 Å². The van der Waals surface area contributed by atoms with Gasteiger partial charge in [0.15, 0.2) is 0 Å². The van der Waals surface area contributed by atoms with Crippen LogP contribution in [-0.4, -0.2) is 46.0 Å². The standard InChI is InChI=1S/C16H22N4O4S/c1-10(17)12-4-2-3-7-19(12)15(21)9-25-14-6-5-11(16(18)22)8-13(14)20(23)24/h5-6,8,10,12H,2-4,7,9,17H2,1H3,(H2,18,22). The van der Waals surface area contributed by atoms with Gasteiger partial charge in [0, 0.05) is 30.3 Å². The normalized spacial score (nSPS) is 18.6. The Balaban J connectivity index is 2.11. The van der Waals surface area contributed by atoms with Crippen molar-refractivity contribution in [3.05, 3.63) is 33.9 Å². The highest BCUT2D eigenvalue weighted by Gasteiger charge is 2.29. The first-order chi connectivity index (χ1) is 11.8. The number of likely N-dealkylation sites (tertiary alicyclic amines) is 1. The van der Waals surface area contributed by atoms with Crippen LogP contribution in [0.4, 0.5) is 5.69 Å². The maximum absolute atomic E-state index is 12.5. The van der Waals surface area contributed by atoms with E-state index in [0.717, 1.165) is 37.1 Å². The van der Waals surface area contributed by atoms with E-state index in [1.807, 2.05) is 6.92 Å². The average molecular weight is 366 g/mol. The van der Waals surface area contributed by atoms with E-state index < -0.39 is 10.8 Å². The number of carbonyl (C=O) groups is 2. The summed E-state index contributed by atoms with van der Waals surface area (Å²) in [5.74, 6) is -0.732. The van der Waals surface area contributed by atoms with E-state index in [2.05, 4.69) is 0 Å². The third-order valence-electron chi connectivity index (χ3n) is 4.27. The molecule has 4 N–H and O–H groups in total. The Morgan fingerprint density at radius 2 is 2.16 bits per heavy atom. The predicted molar refractivity (Wildman–Crippen MR) is 95.3 cm³/mol. The summed E-state index contributed by atoms with van der Waals surface area (Å²) in [6.07, 6.45) is 2.86. The van der Waals surface area contributed by atoms with Crippen molar-refractivity contribution in [2.75, 3.05) is 12.3 Å². The predicted octanol–water partition coefficient (Wildman–Crippen LogP) is 1.51. The first kappa shape index (κ1) is 19.2. The Morgan fingerprint density at radius 3 is 2.76 bits per heavy atom. The second-order valence-corrected chi connectivity index (χ2v) is 7.12. The van der Waals surface area contributed by atoms with Gasteiger partial charge in [-0.05, 0) is 38.3 Å². The van der Waals surface area contributed by atoms with Crippen molar-refractivity contribution in [2.45, 2.75) is 43.2 Å². The Kier molecular flexibility index (Phi) is 6.38. The summed E-state index contributed by atoms with van der Waals surface area (Å²) in [7, 11) is 0. The summed E-state index contributed by atoms with van der Waals surface area (Å²) in [5.41, 5.74) is 11.0. The number of amides is 2. The van der Waals surface area contributed by atoms with Crippen LogP contribution < -0.4 is 11.5 Å². The van der Waals surface area contributed by atoms with Crippen molar-refractivity contribution in [1.29, 1.82) is 0 Å². The third kappa shape index (κ3) is 4.70. The molecule has 2 rings (SSSR count). The fraction of sp³-hybridized carbons (Fsp3) is 0.500. The second-order valence-electron chi connectivity index (χ2n) is 6.10. The first-order valence-corrected chi connectivity index (χ1v) is 9.06. The van der Waals surface area contributed by atoms with E-state index in [1.165, 1.54) is 12.1 Å². The highest BCUT2D eigenvalue weighted by Crippen LogP contribution is 2.31. The van der Waals surface area contributed by atoms with Gasteiger partial charge in [0.1, 0.15) is 0 Å². The third-order valence-corrected chi connectivity index (χ3v) is 5.32. The molecule has 1 saturated heterocycles. The fourth-order valence-electron chi connectivity index (χ4n) is 2.97. The molecule has 136 valence electrons. The molecule has 0 spiro atoms. The van der Waals surface area contributed by atoms with Gasteiger partial charge in [-0.3, -0.25) is 19.7 Å². The van der Waals surface area contributed by atoms with Crippen LogP contribution in [0.3, 0.4) is 0 Å². The molecular weight excluding hydrogens is 344 g/mol. The number of primary amides is 1. The maximum atomic E-state index is 12.5. The molecule has 1 aliphatic rings. The molecule has 1 heterocycles. The SMILES string of the molecule is CC(N)C1CCCCN1C(=O)CSc1ccc(C(N)=O)cc1[N+](=O)[O-]. The minimum absolute atomic E-state index is 0.00840. The number of nitrogens with zero attached hydrogens (tertiary/aromatic N) is 2. The van der Waals surface area contributed by atoms with Crippen LogP contribution in [0.2, 0.25) is 0 Å². The summed E-state index contributed by atoms with van der Waals surface area (Å²) in [5, 5.41) is 11.2. The first-order valence-electron chi connectivity index (χ1n) is 8.07. The van der Waals surface area contributed by atoms with Gasteiger partial charge in [0.25, 0.3) is 5.69 Å². The van der Waals surface area contributed by atoms with Crippen LogP contribution in [-0.2, 0) is 4.79 Å². The number of piperidine rings is 1. The van der Waals surface area contributed by atoms with Gasteiger partial charge >= 0.3 is 0 Å². The van der Waals surface area contributed by atoms with Crippen molar-refractivity contribution < 1.29 is 14.5 Å². The number of nitro groups is 1. The average Bonchev–Trinajstić information content (AvgIpc) is 2.59. The molecule has 0 aromatic heterocycles. The second kappa shape index (κ2) is 8.30. The fourth-order valence-corrected chi connectivity index (χ4v) is 3.86. The molecule has 2 amide bonds. The van der Waals surface area contributed by atoms with Gasteiger partial charge in [-0.15, -0.1) is 11.8 Å². The topological polar surface area (TPSA) is 133 Å². The van der Waals surface area contributed by atoms with Crippen molar-refractivity contribution in [1.82, 2.24) is 4.90 Å². The smallest absolute Gasteiger partial charge is 0.283 e. The molecule has 1 aromatic rings. The van der Waals surface area contributed by atoms with E-state index >= 15 is 0 Å². The number of nitrogens with two attached hydrogens (primary N) is 2. The lowest BCUT2D eigenvalue weighted by molar-refractivity contribution is -0.387. The Bertz CT molecular complexity index is 680. The van der Waals surface area contributed by atoms with Crippen LogP contribution in [0.5, 0.6) is 0 Å². The zero-order valence-electron chi connectivity index (χ0n) is 14.0. The van der Waals surface area contributed by atoms with Crippen LogP contribution in [0.25, 0.3) is 0 Å². The lowest BCUT2D eigenvalue weighted by atomic mass is 9.97. The van der Waals surface area contributed by atoms with Crippen molar-refractivity contribution in [2.24, 2.45) is 11.5 Å². The number of nitro benzene ring substituents is 1. The highest BCUT2D eigenvalue weighted by molar-refractivity contribution is 8.00. The number of thioether (sulfide) groups is 1. The Labute approximate surface area is 150 Å². The summed E-state index contributed by atoms with van der Waals surface area (Å²) < 4.78 is 0. The zero-order valence-corrected chi connectivity index (χ0v) is 14.8. The number of benzene rings is 1. The molecule has 0 aliphatic carbocycles. The molecular formula is C16H22N4O4S. The number of hydrogen-bond acceptors (Lipinski definition) is 6. The van der Waals surface area contributed by atoms with E-state index in [9.17, 15) is 19.7 Å². The molecule has 1 aliphatic heterocycles. The lowest BCUT2D eigenvalue weighted by Gasteiger charge is -2.38. The van der Waals surface area contributed by atoms with Crippen molar-refractivity contribution >= 4 is 29.3 Å². The number of hydrogen-bond donors (Lipinski definition) is 2. The van der Waals surface area contributed by atoms with Gasteiger partial charge in [-0.25, -0.2) is 0 Å². The quantitative estimate of drug-likeness (QED) is 0.445. The largest absolute Gasteiger partial charge is 0.366 e. The summed E-state index contributed by atoms with van der Waals surface area (Å²) in [4.78, 5) is 36.5. The molecule has 1 fully saturated rings. The maximum Gasteiger partial charge on any atom is 0.283 e. The van der Waals surface area contributed by atoms with Gasteiger partial charge in [-0.1, -0.05) is 0 Å². The molecule has 25 heavy (non-hydrogen) atoms. The van der Waals surface area contributed by atoms with Crippen molar-refractivity contribution in [3.8, 4) is 0 Å². The van der Waals surface area contributed by atoms with E-state index in [0.29, 0.717) is 11.4 Å². The van der Waals surface area contributed by atoms with Crippen LogP contribution >= 0.6 is 11.8 Å². The van der Waals surface area contributed by atoms with Gasteiger partial charge in [0.2, 0.25) is 11.8 Å². The van der Waals surface area contributed by atoms with Crippen LogP contribution in [0.15, 0.2) is 23.1 Å². The zero-order chi connectivity index (χ0) is 18.6. The minimum Gasteiger partial charge on any atom is -0.366 e. The minimum atomic E-state index is -0.733. The molecule has 2 unspecified atom stereocenters. The van der Waals surface area contributed by atoms with Gasteiger partial charge in [0.05, 0.1) is 15.6 Å². The summed E-state index contributed by atoms with van der Waals surface area (Å²) in [6, 6.07) is 3.91. The molecule has 1 aromatic carbocycles. The van der Waals surface area contributed by atoms with Gasteiger partial charge < -0.3 is 16.4 Å². The number of rotatable bonds is 6. The Morgan fingerprint density at radius 1 is 1.44 bits per heavy atom. The Hall–Kier alpha value is -2.13. The number of carbonyl (C=O) groups excluding carboxylic acids is 2. The molecule has 8 nitrogen and oxygen atoms in total. The monoisotopic (exact) mass is 366 g/mol. The van der Waals surface area contributed by atoms with Gasteiger partial charge in [-0.2, -0.15) is 0 Å². The van der Waals surface area contributed by atoms with E-state index in [-0.39, 0.29) is 35.0 Å². The molecule has 0 bridgehead atoms. The molecule has 2 atom stereocenters. The highest BCUT2D eigenvalue weighted by atomic mass is 32.2. The lowest BCUT2D eigenvalue weighted by Crippen LogP contribution is -2.52. The molecule has 9 heteroatoms. The summed E-state index contributed by atoms with van der Waals surface area (Å²) >= 11 is 1.09. The van der Waals surface area contributed by atoms with E-state index in [1.54, 1.807) is 4.90 Å². The van der Waals surface area contributed by atoms with Crippen LogP contribution in [0, 0.1) is 10.1 Å². The summed E-state index contributed by atoms with van der Waals surface area (Å²) in [6.45, 7) is 2.55.